The summed E-state index contributed by atoms with van der Waals surface area (Å²) >= 11 is 0. The van der Waals surface area contributed by atoms with Gasteiger partial charge in [-0.3, -0.25) is 0 Å². The van der Waals surface area contributed by atoms with Crippen molar-refractivity contribution in [2.24, 2.45) is 0 Å². The lowest BCUT2D eigenvalue weighted by Gasteiger charge is -2.13. The standard InChI is InChI=1S/C18H20O3/c1-4-17(18(19)20)21-16-7-5-14(6-8-16)15-10-12(2)9-13(3)11-15/h5-11,17H,4H2,1-3H3,(H,19,20). The van der Waals surface area contributed by atoms with Gasteiger partial charge < -0.3 is 9.84 Å². The molecule has 3 nitrogen and oxygen atoms in total. The van der Waals surface area contributed by atoms with Crippen LogP contribution in [-0.2, 0) is 4.79 Å². The van der Waals surface area contributed by atoms with Crippen LogP contribution < -0.4 is 4.74 Å². The molecule has 3 heteroatoms. The average molecular weight is 284 g/mol. The summed E-state index contributed by atoms with van der Waals surface area (Å²) in [6.45, 7) is 5.95. The molecule has 0 saturated carbocycles. The van der Waals surface area contributed by atoms with Crippen LogP contribution in [0.4, 0.5) is 0 Å². The van der Waals surface area contributed by atoms with Crippen LogP contribution >= 0.6 is 0 Å². The molecular formula is C18H20O3. The SMILES string of the molecule is CCC(Oc1ccc(-c2cc(C)cc(C)c2)cc1)C(=O)O. The van der Waals surface area contributed by atoms with Gasteiger partial charge in [0.2, 0.25) is 0 Å². The van der Waals surface area contributed by atoms with Crippen molar-refractivity contribution >= 4 is 5.97 Å². The Labute approximate surface area is 125 Å². The molecule has 0 saturated heterocycles. The number of rotatable bonds is 5. The Morgan fingerprint density at radius 2 is 1.62 bits per heavy atom. The predicted molar refractivity (Wildman–Crippen MR) is 83.7 cm³/mol. The summed E-state index contributed by atoms with van der Waals surface area (Å²) in [4.78, 5) is 11.0. The van der Waals surface area contributed by atoms with Gasteiger partial charge in [-0.1, -0.05) is 48.4 Å². The summed E-state index contributed by atoms with van der Waals surface area (Å²) in [7, 11) is 0. The number of aryl methyl sites for hydroxylation is 2. The minimum Gasteiger partial charge on any atom is -0.479 e. The van der Waals surface area contributed by atoms with E-state index in [1.807, 2.05) is 24.3 Å². The maximum Gasteiger partial charge on any atom is 0.344 e. The molecule has 1 N–H and O–H groups in total. The molecule has 0 amide bonds. The number of carboxylic acid groups (broad SMARTS) is 1. The Bertz CT molecular complexity index is 609. The third kappa shape index (κ3) is 3.85. The van der Waals surface area contributed by atoms with Gasteiger partial charge in [0.15, 0.2) is 6.10 Å². The Morgan fingerprint density at radius 3 is 2.10 bits per heavy atom. The molecule has 0 fully saturated rings. The third-order valence-electron chi connectivity index (χ3n) is 3.33. The third-order valence-corrected chi connectivity index (χ3v) is 3.33. The van der Waals surface area contributed by atoms with Crippen molar-refractivity contribution < 1.29 is 14.6 Å². The van der Waals surface area contributed by atoms with Crippen LogP contribution in [-0.4, -0.2) is 17.2 Å². The van der Waals surface area contributed by atoms with Crippen LogP contribution in [0.5, 0.6) is 5.75 Å². The van der Waals surface area contributed by atoms with E-state index >= 15 is 0 Å². The first-order valence-electron chi connectivity index (χ1n) is 7.08. The molecule has 0 aromatic heterocycles. The Hall–Kier alpha value is -2.29. The van der Waals surface area contributed by atoms with Crippen molar-refractivity contribution in [3.8, 4) is 16.9 Å². The number of ether oxygens (including phenoxy) is 1. The highest BCUT2D eigenvalue weighted by molar-refractivity contribution is 5.72. The second-order valence-electron chi connectivity index (χ2n) is 5.25. The molecule has 2 rings (SSSR count). The normalized spacial score (nSPS) is 12.0. The first kappa shape index (κ1) is 15.1. The summed E-state index contributed by atoms with van der Waals surface area (Å²) in [5, 5.41) is 9.00. The van der Waals surface area contributed by atoms with Crippen molar-refractivity contribution in [3.63, 3.8) is 0 Å². The summed E-state index contributed by atoms with van der Waals surface area (Å²) in [5.41, 5.74) is 4.70. The monoisotopic (exact) mass is 284 g/mol. The summed E-state index contributed by atoms with van der Waals surface area (Å²) in [5.74, 6) is -0.353. The van der Waals surface area contributed by atoms with Gasteiger partial charge in [-0.05, 0) is 43.5 Å². The Morgan fingerprint density at radius 1 is 1.05 bits per heavy atom. The number of aliphatic carboxylic acids is 1. The molecule has 0 aliphatic heterocycles. The van der Waals surface area contributed by atoms with Gasteiger partial charge in [0, 0.05) is 0 Å². The second kappa shape index (κ2) is 6.44. The number of carboxylic acids is 1. The second-order valence-corrected chi connectivity index (χ2v) is 5.25. The summed E-state index contributed by atoms with van der Waals surface area (Å²) in [6, 6.07) is 14.0. The lowest BCUT2D eigenvalue weighted by Crippen LogP contribution is -2.25. The molecule has 110 valence electrons. The van der Waals surface area contributed by atoms with Gasteiger partial charge in [0.25, 0.3) is 0 Å². The van der Waals surface area contributed by atoms with Crippen molar-refractivity contribution in [2.75, 3.05) is 0 Å². The molecule has 2 aromatic carbocycles. The predicted octanol–water partition coefficient (Wildman–Crippen LogP) is 4.21. The van der Waals surface area contributed by atoms with Gasteiger partial charge in [0.1, 0.15) is 5.75 Å². The van der Waals surface area contributed by atoms with E-state index in [4.69, 9.17) is 9.84 Å². The van der Waals surface area contributed by atoms with E-state index in [0.29, 0.717) is 12.2 Å². The first-order chi connectivity index (χ1) is 9.99. The topological polar surface area (TPSA) is 46.5 Å². The zero-order chi connectivity index (χ0) is 15.4. The van der Waals surface area contributed by atoms with Gasteiger partial charge in [-0.2, -0.15) is 0 Å². The Balaban J connectivity index is 2.20. The smallest absolute Gasteiger partial charge is 0.344 e. The van der Waals surface area contributed by atoms with Crippen molar-refractivity contribution in [1.82, 2.24) is 0 Å². The van der Waals surface area contributed by atoms with Crippen molar-refractivity contribution in [1.29, 1.82) is 0 Å². The molecule has 0 aliphatic rings. The fourth-order valence-electron chi connectivity index (χ4n) is 2.34. The molecular weight excluding hydrogens is 264 g/mol. The van der Waals surface area contributed by atoms with Gasteiger partial charge >= 0.3 is 5.97 Å². The van der Waals surface area contributed by atoms with Crippen LogP contribution in [0, 0.1) is 13.8 Å². The van der Waals surface area contributed by atoms with Crippen LogP contribution in [0.25, 0.3) is 11.1 Å². The van der Waals surface area contributed by atoms with E-state index < -0.39 is 12.1 Å². The number of benzene rings is 2. The summed E-state index contributed by atoms with van der Waals surface area (Å²) < 4.78 is 5.46. The molecule has 0 radical (unpaired) electrons. The van der Waals surface area contributed by atoms with Crippen LogP contribution in [0.2, 0.25) is 0 Å². The van der Waals surface area contributed by atoms with Gasteiger partial charge in [-0.25, -0.2) is 4.79 Å². The molecule has 2 aromatic rings. The Kier molecular flexibility index (Phi) is 4.63. The molecule has 0 bridgehead atoms. The van der Waals surface area contributed by atoms with Gasteiger partial charge in [0.05, 0.1) is 0 Å². The maximum atomic E-state index is 11.0. The van der Waals surface area contributed by atoms with E-state index in [1.54, 1.807) is 6.92 Å². The van der Waals surface area contributed by atoms with E-state index in [2.05, 4.69) is 32.0 Å². The minimum absolute atomic E-state index is 0.439. The van der Waals surface area contributed by atoms with Crippen molar-refractivity contribution in [3.05, 3.63) is 53.6 Å². The average Bonchev–Trinajstić information content (AvgIpc) is 2.44. The first-order valence-corrected chi connectivity index (χ1v) is 7.08. The fraction of sp³-hybridized carbons (Fsp3) is 0.278. The molecule has 1 atom stereocenters. The molecule has 0 spiro atoms. The number of hydrogen-bond acceptors (Lipinski definition) is 2. The lowest BCUT2D eigenvalue weighted by atomic mass is 10.0. The van der Waals surface area contributed by atoms with Crippen LogP contribution in [0.1, 0.15) is 24.5 Å². The number of carbonyl (C=O) groups is 1. The quantitative estimate of drug-likeness (QED) is 0.894. The highest BCUT2D eigenvalue weighted by Crippen LogP contribution is 2.25. The largest absolute Gasteiger partial charge is 0.479 e. The molecule has 0 heterocycles. The molecule has 0 aliphatic carbocycles. The van der Waals surface area contributed by atoms with Crippen LogP contribution in [0.15, 0.2) is 42.5 Å². The van der Waals surface area contributed by atoms with Crippen LogP contribution in [0.3, 0.4) is 0 Å². The zero-order valence-electron chi connectivity index (χ0n) is 12.6. The fourth-order valence-corrected chi connectivity index (χ4v) is 2.34. The molecule has 21 heavy (non-hydrogen) atoms. The van der Waals surface area contributed by atoms with E-state index in [1.165, 1.54) is 11.1 Å². The minimum atomic E-state index is -0.934. The highest BCUT2D eigenvalue weighted by Gasteiger charge is 2.16. The van der Waals surface area contributed by atoms with E-state index in [-0.39, 0.29) is 0 Å². The van der Waals surface area contributed by atoms with E-state index in [9.17, 15) is 4.79 Å². The lowest BCUT2D eigenvalue weighted by molar-refractivity contribution is -0.145. The van der Waals surface area contributed by atoms with Gasteiger partial charge in [-0.15, -0.1) is 0 Å². The molecule has 1 unspecified atom stereocenters. The van der Waals surface area contributed by atoms with E-state index in [0.717, 1.165) is 11.1 Å². The highest BCUT2D eigenvalue weighted by atomic mass is 16.5. The maximum absolute atomic E-state index is 11.0. The zero-order valence-corrected chi connectivity index (χ0v) is 12.6. The summed E-state index contributed by atoms with van der Waals surface area (Å²) in [6.07, 6.45) is -0.356. The number of hydrogen-bond donors (Lipinski definition) is 1. The van der Waals surface area contributed by atoms with Crippen molar-refractivity contribution in [2.45, 2.75) is 33.3 Å².